The molecule has 0 unspecified atom stereocenters. The minimum Gasteiger partial charge on any atom is -0.493 e. The largest absolute Gasteiger partial charge is 0.493 e. The molecule has 0 aliphatic heterocycles. The molecule has 0 saturated heterocycles. The van der Waals surface area contributed by atoms with E-state index in [-0.39, 0.29) is 11.8 Å². The molecule has 2 N–H and O–H groups in total. The van der Waals surface area contributed by atoms with Crippen LogP contribution in [0.3, 0.4) is 0 Å². The summed E-state index contributed by atoms with van der Waals surface area (Å²) in [6.45, 7) is 9.74. The molecule has 43 heavy (non-hydrogen) atoms. The molecule has 4 aromatic rings. The fourth-order valence-corrected chi connectivity index (χ4v) is 4.41. The van der Waals surface area contributed by atoms with Crippen molar-refractivity contribution in [2.24, 2.45) is 11.8 Å². The van der Waals surface area contributed by atoms with Crippen LogP contribution in [0.5, 0.6) is 11.5 Å². The van der Waals surface area contributed by atoms with Crippen molar-refractivity contribution in [3.8, 4) is 11.5 Å². The molecule has 6 nitrogen and oxygen atoms in total. The standard InChI is InChI=1S/C37H42N2O4/c1-26(2)21-23-42-34-11-7-5-9-32(34)36(40)38-30-17-13-28(14-18-30)25-29-15-19-31(20-16-29)39-37(41)33-10-6-8-12-35(33)43-24-22-27(3)4/h5-20,26-27H,21-25H2,1-4H3,(H,38,40)(H,39,41). The Bertz CT molecular complexity index is 1360. The van der Waals surface area contributed by atoms with Gasteiger partial charge in [0.1, 0.15) is 11.5 Å². The lowest BCUT2D eigenvalue weighted by molar-refractivity contribution is 0.101. The van der Waals surface area contributed by atoms with Gasteiger partial charge >= 0.3 is 0 Å². The van der Waals surface area contributed by atoms with Crippen LogP contribution in [-0.2, 0) is 6.42 Å². The maximum absolute atomic E-state index is 13.0. The third-order valence-corrected chi connectivity index (χ3v) is 7.00. The van der Waals surface area contributed by atoms with Crippen LogP contribution in [-0.4, -0.2) is 25.0 Å². The van der Waals surface area contributed by atoms with Crippen molar-refractivity contribution in [2.75, 3.05) is 23.8 Å². The first-order chi connectivity index (χ1) is 20.8. The van der Waals surface area contributed by atoms with E-state index in [0.717, 1.165) is 41.8 Å². The van der Waals surface area contributed by atoms with Crippen LogP contribution in [0, 0.1) is 11.8 Å². The van der Waals surface area contributed by atoms with Gasteiger partial charge in [-0.15, -0.1) is 0 Å². The van der Waals surface area contributed by atoms with Crippen LogP contribution >= 0.6 is 0 Å². The van der Waals surface area contributed by atoms with Gasteiger partial charge in [0.2, 0.25) is 0 Å². The van der Waals surface area contributed by atoms with Crippen molar-refractivity contribution < 1.29 is 19.1 Å². The molecule has 0 saturated carbocycles. The summed E-state index contributed by atoms with van der Waals surface area (Å²) in [6.07, 6.45) is 2.58. The lowest BCUT2D eigenvalue weighted by Crippen LogP contribution is -2.14. The average molecular weight is 579 g/mol. The molecule has 0 heterocycles. The van der Waals surface area contributed by atoms with Crippen LogP contribution in [0.1, 0.15) is 72.4 Å². The van der Waals surface area contributed by atoms with E-state index in [1.54, 1.807) is 12.1 Å². The van der Waals surface area contributed by atoms with E-state index in [1.807, 2.05) is 84.9 Å². The number of carbonyl (C=O) groups excluding carboxylic acids is 2. The fraction of sp³-hybridized carbons (Fsp3) is 0.297. The van der Waals surface area contributed by atoms with E-state index in [0.29, 0.717) is 47.7 Å². The molecule has 0 spiro atoms. The van der Waals surface area contributed by atoms with Crippen molar-refractivity contribution in [3.05, 3.63) is 119 Å². The van der Waals surface area contributed by atoms with Crippen LogP contribution in [0.15, 0.2) is 97.1 Å². The Morgan fingerprint density at radius 2 is 0.930 bits per heavy atom. The van der Waals surface area contributed by atoms with Crippen LogP contribution in [0.2, 0.25) is 0 Å². The quantitative estimate of drug-likeness (QED) is 0.157. The highest BCUT2D eigenvalue weighted by Crippen LogP contribution is 2.23. The van der Waals surface area contributed by atoms with Gasteiger partial charge in [-0.3, -0.25) is 9.59 Å². The minimum atomic E-state index is -0.199. The normalized spacial score (nSPS) is 10.9. The Balaban J connectivity index is 1.31. The highest BCUT2D eigenvalue weighted by molar-refractivity contribution is 6.06. The SMILES string of the molecule is CC(C)CCOc1ccccc1C(=O)Nc1ccc(Cc2ccc(NC(=O)c3ccccc3OCCC(C)C)cc2)cc1. The summed E-state index contributed by atoms with van der Waals surface area (Å²) in [5, 5.41) is 5.96. The molecule has 0 aliphatic rings. The van der Waals surface area contributed by atoms with Gasteiger partial charge in [0.25, 0.3) is 11.8 Å². The van der Waals surface area contributed by atoms with E-state index in [9.17, 15) is 9.59 Å². The van der Waals surface area contributed by atoms with Gasteiger partial charge in [-0.05, 0) is 90.8 Å². The van der Waals surface area contributed by atoms with Gasteiger partial charge in [-0.1, -0.05) is 76.2 Å². The zero-order chi connectivity index (χ0) is 30.6. The van der Waals surface area contributed by atoms with Gasteiger partial charge in [0, 0.05) is 11.4 Å². The lowest BCUT2D eigenvalue weighted by Gasteiger charge is -2.13. The monoisotopic (exact) mass is 578 g/mol. The first kappa shape index (κ1) is 31.4. The number of rotatable bonds is 14. The first-order valence-corrected chi connectivity index (χ1v) is 15.0. The molecule has 0 fully saturated rings. The number of ether oxygens (including phenoxy) is 2. The van der Waals surface area contributed by atoms with Gasteiger partial charge in [0.05, 0.1) is 24.3 Å². The Kier molecular flexibility index (Phi) is 11.4. The topological polar surface area (TPSA) is 76.7 Å². The number of nitrogens with one attached hydrogen (secondary N) is 2. The Labute approximate surface area is 255 Å². The molecule has 4 aromatic carbocycles. The highest BCUT2D eigenvalue weighted by Gasteiger charge is 2.14. The molecule has 0 radical (unpaired) electrons. The highest BCUT2D eigenvalue weighted by atomic mass is 16.5. The summed E-state index contributed by atoms with van der Waals surface area (Å²) in [5.74, 6) is 1.86. The van der Waals surface area contributed by atoms with Gasteiger partial charge in [-0.2, -0.15) is 0 Å². The van der Waals surface area contributed by atoms with Gasteiger partial charge < -0.3 is 20.1 Å². The molecule has 0 aromatic heterocycles. The number of hydrogen-bond acceptors (Lipinski definition) is 4. The Morgan fingerprint density at radius 3 is 1.30 bits per heavy atom. The minimum absolute atomic E-state index is 0.199. The molecule has 0 aliphatic carbocycles. The molecular formula is C37H42N2O4. The van der Waals surface area contributed by atoms with Crippen LogP contribution in [0.25, 0.3) is 0 Å². The smallest absolute Gasteiger partial charge is 0.259 e. The summed E-state index contributed by atoms with van der Waals surface area (Å²) in [5.41, 5.74) is 4.70. The zero-order valence-corrected chi connectivity index (χ0v) is 25.6. The third kappa shape index (κ3) is 9.74. The van der Waals surface area contributed by atoms with E-state index in [1.165, 1.54) is 0 Å². The summed E-state index contributed by atoms with van der Waals surface area (Å²) in [4.78, 5) is 25.9. The maximum Gasteiger partial charge on any atom is 0.259 e. The molecular weight excluding hydrogens is 536 g/mol. The summed E-state index contributed by atoms with van der Waals surface area (Å²) < 4.78 is 11.8. The number of anilines is 2. The van der Waals surface area contributed by atoms with E-state index in [2.05, 4.69) is 38.3 Å². The average Bonchev–Trinajstić information content (AvgIpc) is 2.99. The first-order valence-electron chi connectivity index (χ1n) is 15.0. The van der Waals surface area contributed by atoms with Crippen LogP contribution in [0.4, 0.5) is 11.4 Å². The van der Waals surface area contributed by atoms with Gasteiger partial charge in [-0.25, -0.2) is 0 Å². The molecule has 4 rings (SSSR count). The number of carbonyl (C=O) groups is 2. The van der Waals surface area contributed by atoms with E-state index in [4.69, 9.17) is 9.47 Å². The van der Waals surface area contributed by atoms with Crippen molar-refractivity contribution in [1.82, 2.24) is 0 Å². The van der Waals surface area contributed by atoms with E-state index >= 15 is 0 Å². The second-order valence-corrected chi connectivity index (χ2v) is 11.5. The van der Waals surface area contributed by atoms with Crippen molar-refractivity contribution in [2.45, 2.75) is 47.0 Å². The van der Waals surface area contributed by atoms with Crippen molar-refractivity contribution >= 4 is 23.2 Å². The second kappa shape index (κ2) is 15.6. The fourth-order valence-electron chi connectivity index (χ4n) is 4.41. The number of para-hydroxylation sites is 2. The Morgan fingerprint density at radius 1 is 0.558 bits per heavy atom. The second-order valence-electron chi connectivity index (χ2n) is 11.5. The van der Waals surface area contributed by atoms with Gasteiger partial charge in [0.15, 0.2) is 0 Å². The molecule has 224 valence electrons. The number of amides is 2. The number of hydrogen-bond donors (Lipinski definition) is 2. The van der Waals surface area contributed by atoms with E-state index < -0.39 is 0 Å². The van der Waals surface area contributed by atoms with Crippen molar-refractivity contribution in [1.29, 1.82) is 0 Å². The molecule has 0 atom stereocenters. The van der Waals surface area contributed by atoms with Crippen LogP contribution < -0.4 is 20.1 Å². The predicted octanol–water partition coefficient (Wildman–Crippen LogP) is 8.63. The summed E-state index contributed by atoms with van der Waals surface area (Å²) in [7, 11) is 0. The van der Waals surface area contributed by atoms with Crippen molar-refractivity contribution in [3.63, 3.8) is 0 Å². The molecule has 0 bridgehead atoms. The maximum atomic E-state index is 13.0. The lowest BCUT2D eigenvalue weighted by atomic mass is 10.0. The zero-order valence-electron chi connectivity index (χ0n) is 25.6. The summed E-state index contributed by atoms with van der Waals surface area (Å²) >= 11 is 0. The third-order valence-electron chi connectivity index (χ3n) is 7.00. The number of benzene rings is 4. The summed E-state index contributed by atoms with van der Waals surface area (Å²) in [6, 6.07) is 30.3. The molecule has 2 amide bonds. The molecule has 6 heteroatoms. The predicted molar refractivity (Wildman–Crippen MR) is 174 cm³/mol. The Hall–Kier alpha value is -4.58.